The van der Waals surface area contributed by atoms with Crippen LogP contribution in [0.1, 0.15) is 23.2 Å². The topological polar surface area (TPSA) is 57.6 Å². The normalized spacial score (nSPS) is 14.2. The number of benzene rings is 1. The molecular weight excluding hydrogens is 273 g/mol. The minimum atomic E-state index is -1.10. The standard InChI is InChI=1S/C13H13ClFNO3/c14-12-9(2-1-3-10(12)15)13(19)16(7-11(17)18)6-8-4-5-8/h1-3,8H,4-7H2,(H,17,18). The molecule has 0 unspecified atom stereocenters. The molecule has 0 saturated heterocycles. The van der Waals surface area contributed by atoms with Crippen molar-refractivity contribution in [2.75, 3.05) is 13.1 Å². The third-order valence-electron chi connectivity index (χ3n) is 2.97. The zero-order valence-electron chi connectivity index (χ0n) is 10.1. The van der Waals surface area contributed by atoms with Crippen molar-refractivity contribution in [2.45, 2.75) is 12.8 Å². The number of amides is 1. The van der Waals surface area contributed by atoms with E-state index in [4.69, 9.17) is 16.7 Å². The molecule has 1 aromatic carbocycles. The number of nitrogens with zero attached hydrogens (tertiary/aromatic N) is 1. The Bertz CT molecular complexity index is 517. The molecule has 0 heterocycles. The number of carbonyl (C=O) groups is 2. The number of rotatable bonds is 5. The second-order valence-electron chi connectivity index (χ2n) is 4.62. The van der Waals surface area contributed by atoms with Crippen LogP contribution < -0.4 is 0 Å². The first kappa shape index (κ1) is 13.8. The molecule has 102 valence electrons. The highest BCUT2D eigenvalue weighted by molar-refractivity contribution is 6.34. The first-order valence-corrected chi connectivity index (χ1v) is 6.32. The van der Waals surface area contributed by atoms with E-state index in [2.05, 4.69) is 0 Å². The van der Waals surface area contributed by atoms with Gasteiger partial charge in [0, 0.05) is 6.54 Å². The molecule has 0 spiro atoms. The Balaban J connectivity index is 2.21. The number of halogens is 2. The molecule has 1 amide bonds. The summed E-state index contributed by atoms with van der Waals surface area (Å²) in [5, 5.41) is 8.57. The molecule has 0 aliphatic heterocycles. The molecule has 0 radical (unpaired) electrons. The maximum Gasteiger partial charge on any atom is 0.323 e. The van der Waals surface area contributed by atoms with Crippen LogP contribution in [0.4, 0.5) is 4.39 Å². The highest BCUT2D eigenvalue weighted by Crippen LogP contribution is 2.30. The van der Waals surface area contributed by atoms with Gasteiger partial charge in [-0.1, -0.05) is 17.7 Å². The van der Waals surface area contributed by atoms with E-state index < -0.39 is 24.2 Å². The molecule has 0 bridgehead atoms. The fraction of sp³-hybridized carbons (Fsp3) is 0.385. The van der Waals surface area contributed by atoms with Gasteiger partial charge in [0.05, 0.1) is 10.6 Å². The van der Waals surface area contributed by atoms with Crippen LogP contribution in [0.3, 0.4) is 0 Å². The average Bonchev–Trinajstić information content (AvgIpc) is 3.14. The van der Waals surface area contributed by atoms with Gasteiger partial charge in [-0.05, 0) is 30.9 Å². The van der Waals surface area contributed by atoms with E-state index in [0.717, 1.165) is 18.9 Å². The molecule has 1 aliphatic carbocycles. The number of carboxylic acids is 1. The SMILES string of the molecule is O=C(O)CN(CC1CC1)C(=O)c1cccc(F)c1Cl. The lowest BCUT2D eigenvalue weighted by atomic mass is 10.2. The summed E-state index contributed by atoms with van der Waals surface area (Å²) in [5.41, 5.74) is 0.00330. The van der Waals surface area contributed by atoms with Crippen molar-refractivity contribution in [1.29, 1.82) is 0 Å². The van der Waals surface area contributed by atoms with E-state index in [1.54, 1.807) is 0 Å². The van der Waals surface area contributed by atoms with Crippen LogP contribution in [-0.2, 0) is 4.79 Å². The molecule has 19 heavy (non-hydrogen) atoms. The van der Waals surface area contributed by atoms with E-state index in [0.29, 0.717) is 12.5 Å². The van der Waals surface area contributed by atoms with Crippen LogP contribution in [0.2, 0.25) is 5.02 Å². The number of hydrogen-bond donors (Lipinski definition) is 1. The summed E-state index contributed by atoms with van der Waals surface area (Å²) < 4.78 is 13.3. The lowest BCUT2D eigenvalue weighted by Crippen LogP contribution is -2.37. The Morgan fingerprint density at radius 1 is 1.42 bits per heavy atom. The molecule has 1 saturated carbocycles. The van der Waals surface area contributed by atoms with Crippen LogP contribution in [0.5, 0.6) is 0 Å². The van der Waals surface area contributed by atoms with Crippen LogP contribution >= 0.6 is 11.6 Å². The summed E-state index contributed by atoms with van der Waals surface area (Å²) in [6, 6.07) is 3.93. The van der Waals surface area contributed by atoms with Crippen molar-refractivity contribution in [3.05, 3.63) is 34.6 Å². The van der Waals surface area contributed by atoms with Gasteiger partial charge in [0.2, 0.25) is 0 Å². The van der Waals surface area contributed by atoms with Gasteiger partial charge in [0.15, 0.2) is 0 Å². The van der Waals surface area contributed by atoms with Crippen molar-refractivity contribution in [3.63, 3.8) is 0 Å². The first-order valence-electron chi connectivity index (χ1n) is 5.94. The van der Waals surface area contributed by atoms with Gasteiger partial charge in [-0.2, -0.15) is 0 Å². The summed E-state index contributed by atoms with van der Waals surface area (Å²) in [5.74, 6) is -1.98. The summed E-state index contributed by atoms with van der Waals surface area (Å²) in [4.78, 5) is 24.2. The highest BCUT2D eigenvalue weighted by Gasteiger charge is 2.29. The molecule has 0 atom stereocenters. The third-order valence-corrected chi connectivity index (χ3v) is 3.35. The second kappa shape index (κ2) is 5.57. The fourth-order valence-electron chi connectivity index (χ4n) is 1.83. The molecule has 1 fully saturated rings. The quantitative estimate of drug-likeness (QED) is 0.904. The molecule has 1 aromatic rings. The maximum atomic E-state index is 13.3. The Morgan fingerprint density at radius 2 is 2.11 bits per heavy atom. The fourth-order valence-corrected chi connectivity index (χ4v) is 2.04. The Morgan fingerprint density at radius 3 is 2.68 bits per heavy atom. The summed E-state index contributed by atoms with van der Waals surface area (Å²) in [6.07, 6.45) is 1.97. The Labute approximate surface area is 114 Å². The van der Waals surface area contributed by atoms with Crippen LogP contribution in [0.15, 0.2) is 18.2 Å². The van der Waals surface area contributed by atoms with E-state index in [1.165, 1.54) is 17.0 Å². The van der Waals surface area contributed by atoms with Crippen molar-refractivity contribution in [1.82, 2.24) is 4.90 Å². The Kier molecular flexibility index (Phi) is 4.04. The summed E-state index contributed by atoms with van der Waals surface area (Å²) in [7, 11) is 0. The molecular formula is C13H13ClFNO3. The van der Waals surface area contributed by atoms with Crippen LogP contribution in [0, 0.1) is 11.7 Å². The molecule has 0 aromatic heterocycles. The second-order valence-corrected chi connectivity index (χ2v) is 5.00. The molecule has 4 nitrogen and oxygen atoms in total. The van der Waals surface area contributed by atoms with Crippen molar-refractivity contribution >= 4 is 23.5 Å². The highest BCUT2D eigenvalue weighted by atomic mass is 35.5. The predicted molar refractivity (Wildman–Crippen MR) is 67.7 cm³/mol. The van der Waals surface area contributed by atoms with Crippen LogP contribution in [-0.4, -0.2) is 35.0 Å². The van der Waals surface area contributed by atoms with E-state index >= 15 is 0 Å². The minimum absolute atomic E-state index is 0.00330. The van der Waals surface area contributed by atoms with Crippen molar-refractivity contribution < 1.29 is 19.1 Å². The number of aliphatic carboxylic acids is 1. The Hall–Kier alpha value is -1.62. The number of hydrogen-bond acceptors (Lipinski definition) is 2. The number of carbonyl (C=O) groups excluding carboxylic acids is 1. The van der Waals surface area contributed by atoms with E-state index in [9.17, 15) is 14.0 Å². The number of carboxylic acid groups (broad SMARTS) is 1. The largest absolute Gasteiger partial charge is 0.480 e. The first-order chi connectivity index (χ1) is 8.99. The molecule has 2 rings (SSSR count). The smallest absolute Gasteiger partial charge is 0.323 e. The summed E-state index contributed by atoms with van der Waals surface area (Å²) >= 11 is 5.75. The monoisotopic (exact) mass is 285 g/mol. The van der Waals surface area contributed by atoms with Gasteiger partial charge in [-0.3, -0.25) is 9.59 Å². The minimum Gasteiger partial charge on any atom is -0.480 e. The third kappa shape index (κ3) is 3.44. The van der Waals surface area contributed by atoms with Gasteiger partial charge >= 0.3 is 5.97 Å². The van der Waals surface area contributed by atoms with E-state index in [-0.39, 0.29) is 10.6 Å². The predicted octanol–water partition coefficient (Wildman–Crippen LogP) is 2.42. The lowest BCUT2D eigenvalue weighted by molar-refractivity contribution is -0.137. The van der Waals surface area contributed by atoms with Gasteiger partial charge in [-0.25, -0.2) is 4.39 Å². The zero-order valence-corrected chi connectivity index (χ0v) is 10.9. The molecule has 1 N–H and O–H groups in total. The summed E-state index contributed by atoms with van der Waals surface area (Å²) in [6.45, 7) is -0.0276. The van der Waals surface area contributed by atoms with Gasteiger partial charge < -0.3 is 10.0 Å². The van der Waals surface area contributed by atoms with Gasteiger partial charge in [0.1, 0.15) is 12.4 Å². The lowest BCUT2D eigenvalue weighted by Gasteiger charge is -2.21. The van der Waals surface area contributed by atoms with Gasteiger partial charge in [-0.15, -0.1) is 0 Å². The maximum absolute atomic E-state index is 13.3. The average molecular weight is 286 g/mol. The molecule has 6 heteroatoms. The van der Waals surface area contributed by atoms with E-state index in [1.807, 2.05) is 0 Å². The van der Waals surface area contributed by atoms with Gasteiger partial charge in [0.25, 0.3) is 5.91 Å². The van der Waals surface area contributed by atoms with Crippen molar-refractivity contribution in [2.24, 2.45) is 5.92 Å². The zero-order chi connectivity index (χ0) is 14.0. The van der Waals surface area contributed by atoms with Crippen molar-refractivity contribution in [3.8, 4) is 0 Å². The molecule has 1 aliphatic rings. The van der Waals surface area contributed by atoms with Crippen LogP contribution in [0.25, 0.3) is 0 Å².